The quantitative estimate of drug-likeness (QED) is 0.743. The molecular formula is C21H29NO5. The molecule has 2 N–H and O–H groups in total. The molecule has 0 saturated heterocycles. The Kier molecular flexibility index (Phi) is 7.29. The smallest absolute Gasteiger partial charge is 0.408 e. The van der Waals surface area contributed by atoms with E-state index in [1.807, 2.05) is 26.8 Å². The first-order valence-electron chi connectivity index (χ1n) is 8.75. The van der Waals surface area contributed by atoms with Gasteiger partial charge in [0.25, 0.3) is 0 Å². The van der Waals surface area contributed by atoms with Crippen molar-refractivity contribution < 1.29 is 24.2 Å². The molecule has 6 heteroatoms. The van der Waals surface area contributed by atoms with Gasteiger partial charge < -0.3 is 19.9 Å². The van der Waals surface area contributed by atoms with Crippen LogP contribution in [0.15, 0.2) is 18.2 Å². The van der Waals surface area contributed by atoms with Gasteiger partial charge in [-0.05, 0) is 43.4 Å². The van der Waals surface area contributed by atoms with E-state index < -0.39 is 23.7 Å². The van der Waals surface area contributed by atoms with Gasteiger partial charge in [-0.1, -0.05) is 38.8 Å². The van der Waals surface area contributed by atoms with Gasteiger partial charge in [0.15, 0.2) is 0 Å². The predicted octanol–water partition coefficient (Wildman–Crippen LogP) is 3.52. The van der Waals surface area contributed by atoms with E-state index in [0.29, 0.717) is 5.75 Å². The zero-order valence-electron chi connectivity index (χ0n) is 16.9. The number of carbonyl (C=O) groups excluding carboxylic acids is 1. The molecule has 148 valence electrons. The van der Waals surface area contributed by atoms with Gasteiger partial charge in [-0.3, -0.25) is 0 Å². The summed E-state index contributed by atoms with van der Waals surface area (Å²) in [6.45, 7) is 11.4. The minimum atomic E-state index is -1.13. The second-order valence-corrected chi connectivity index (χ2v) is 8.31. The first kappa shape index (κ1) is 22.4. The molecule has 0 bridgehead atoms. The molecule has 1 rings (SSSR count). The standard InChI is InChI=1S/C21H29NO5/c1-8-11-26-17-10-9-14(12-15(17)20(2,3)4)13-16(18(23)24)22-19(25)27-21(5,6)7/h1,9-10,12,16H,11,13H2,2-7H3,(H,22,25)(H,23,24). The molecule has 0 aliphatic rings. The summed E-state index contributed by atoms with van der Waals surface area (Å²) in [5, 5.41) is 11.9. The van der Waals surface area contributed by atoms with E-state index in [1.165, 1.54) is 0 Å². The third kappa shape index (κ3) is 7.61. The SMILES string of the molecule is C#CCOc1ccc(CC(NC(=O)OC(C)(C)C)C(=O)O)cc1C(C)(C)C. The van der Waals surface area contributed by atoms with Crippen LogP contribution in [0.1, 0.15) is 52.7 Å². The first-order chi connectivity index (χ1) is 12.3. The number of alkyl carbamates (subject to hydrolysis) is 1. The molecule has 1 aromatic carbocycles. The van der Waals surface area contributed by atoms with E-state index in [4.69, 9.17) is 15.9 Å². The lowest BCUT2D eigenvalue weighted by atomic mass is 9.84. The van der Waals surface area contributed by atoms with Crippen molar-refractivity contribution in [1.29, 1.82) is 0 Å². The Balaban J connectivity index is 3.04. The molecule has 0 aliphatic heterocycles. The summed E-state index contributed by atoms with van der Waals surface area (Å²) < 4.78 is 10.7. The number of aliphatic carboxylic acids is 1. The zero-order valence-corrected chi connectivity index (χ0v) is 16.9. The van der Waals surface area contributed by atoms with Crippen molar-refractivity contribution in [2.45, 2.75) is 65.0 Å². The van der Waals surface area contributed by atoms with Gasteiger partial charge in [0.2, 0.25) is 0 Å². The maximum atomic E-state index is 11.9. The Bertz CT molecular complexity index is 720. The fraction of sp³-hybridized carbons (Fsp3) is 0.524. The molecule has 0 fully saturated rings. The van der Waals surface area contributed by atoms with Crippen molar-refractivity contribution in [2.24, 2.45) is 0 Å². The van der Waals surface area contributed by atoms with Gasteiger partial charge in [-0.2, -0.15) is 0 Å². The summed E-state index contributed by atoms with van der Waals surface area (Å²) in [7, 11) is 0. The lowest BCUT2D eigenvalue weighted by Crippen LogP contribution is -2.44. The fourth-order valence-corrected chi connectivity index (χ4v) is 2.42. The van der Waals surface area contributed by atoms with Crippen molar-refractivity contribution in [2.75, 3.05) is 6.61 Å². The molecule has 1 amide bonds. The summed E-state index contributed by atoms with van der Waals surface area (Å²) in [4.78, 5) is 23.5. The van der Waals surface area contributed by atoms with Gasteiger partial charge in [0.05, 0.1) is 0 Å². The molecule has 0 aliphatic carbocycles. The highest BCUT2D eigenvalue weighted by molar-refractivity contribution is 5.80. The minimum absolute atomic E-state index is 0.118. The highest BCUT2D eigenvalue weighted by Gasteiger charge is 2.26. The van der Waals surface area contributed by atoms with Crippen LogP contribution in [0, 0.1) is 12.3 Å². The number of terminal acetylenes is 1. The Morgan fingerprint density at radius 1 is 1.22 bits per heavy atom. The molecule has 0 spiro atoms. The third-order valence-electron chi connectivity index (χ3n) is 3.59. The maximum Gasteiger partial charge on any atom is 0.408 e. The van der Waals surface area contributed by atoms with Crippen molar-refractivity contribution in [3.8, 4) is 18.1 Å². The number of hydrogen-bond donors (Lipinski definition) is 2. The molecule has 6 nitrogen and oxygen atoms in total. The van der Waals surface area contributed by atoms with Gasteiger partial charge in [0.1, 0.15) is 24.0 Å². The van der Waals surface area contributed by atoms with Crippen LogP contribution < -0.4 is 10.1 Å². The topological polar surface area (TPSA) is 84.9 Å². The Hall–Kier alpha value is -2.68. The van der Waals surface area contributed by atoms with E-state index in [-0.39, 0.29) is 18.4 Å². The Labute approximate surface area is 161 Å². The molecule has 0 heterocycles. The average molecular weight is 375 g/mol. The summed E-state index contributed by atoms with van der Waals surface area (Å²) in [5.74, 6) is 1.97. The van der Waals surface area contributed by atoms with E-state index in [0.717, 1.165) is 11.1 Å². The van der Waals surface area contributed by atoms with E-state index >= 15 is 0 Å². The van der Waals surface area contributed by atoms with Crippen LogP contribution in [0.5, 0.6) is 5.75 Å². The van der Waals surface area contributed by atoms with Crippen molar-refractivity contribution in [3.05, 3.63) is 29.3 Å². The summed E-state index contributed by atoms with van der Waals surface area (Å²) in [5.41, 5.74) is 0.743. The summed E-state index contributed by atoms with van der Waals surface area (Å²) >= 11 is 0. The third-order valence-corrected chi connectivity index (χ3v) is 3.59. The van der Waals surface area contributed by atoms with E-state index in [9.17, 15) is 14.7 Å². The lowest BCUT2D eigenvalue weighted by molar-refractivity contribution is -0.139. The number of carboxylic acid groups (broad SMARTS) is 1. The van der Waals surface area contributed by atoms with Crippen LogP contribution in [0.2, 0.25) is 0 Å². The van der Waals surface area contributed by atoms with Crippen molar-refractivity contribution >= 4 is 12.1 Å². The molecule has 0 saturated carbocycles. The second kappa shape index (κ2) is 8.81. The first-order valence-corrected chi connectivity index (χ1v) is 8.75. The van der Waals surface area contributed by atoms with Gasteiger partial charge in [0, 0.05) is 6.42 Å². The largest absolute Gasteiger partial charge is 0.481 e. The summed E-state index contributed by atoms with van der Waals surface area (Å²) in [6.07, 6.45) is 4.62. The number of amides is 1. The Morgan fingerprint density at radius 2 is 1.85 bits per heavy atom. The van der Waals surface area contributed by atoms with Gasteiger partial charge in [-0.15, -0.1) is 6.42 Å². The summed E-state index contributed by atoms with van der Waals surface area (Å²) in [6, 6.07) is 4.33. The average Bonchev–Trinajstić information content (AvgIpc) is 2.50. The number of nitrogens with one attached hydrogen (secondary N) is 1. The van der Waals surface area contributed by atoms with E-state index in [1.54, 1.807) is 32.9 Å². The minimum Gasteiger partial charge on any atom is -0.481 e. The van der Waals surface area contributed by atoms with Crippen LogP contribution >= 0.6 is 0 Å². The predicted molar refractivity (Wildman–Crippen MR) is 104 cm³/mol. The second-order valence-electron chi connectivity index (χ2n) is 8.31. The highest BCUT2D eigenvalue weighted by atomic mass is 16.6. The van der Waals surface area contributed by atoms with Crippen LogP contribution in [0.25, 0.3) is 0 Å². The monoisotopic (exact) mass is 375 g/mol. The number of rotatable bonds is 6. The van der Waals surface area contributed by atoms with E-state index in [2.05, 4.69) is 11.2 Å². The van der Waals surface area contributed by atoms with Crippen LogP contribution in [-0.4, -0.2) is 35.4 Å². The van der Waals surface area contributed by atoms with Crippen molar-refractivity contribution in [3.63, 3.8) is 0 Å². The highest BCUT2D eigenvalue weighted by Crippen LogP contribution is 2.32. The molecular weight excluding hydrogens is 346 g/mol. The number of carbonyl (C=O) groups is 2. The number of ether oxygens (including phenoxy) is 2. The normalized spacial score (nSPS) is 12.6. The fourth-order valence-electron chi connectivity index (χ4n) is 2.42. The molecule has 0 aromatic heterocycles. The van der Waals surface area contributed by atoms with Gasteiger partial charge in [-0.25, -0.2) is 9.59 Å². The molecule has 1 aromatic rings. The molecule has 27 heavy (non-hydrogen) atoms. The number of benzene rings is 1. The molecule has 1 atom stereocenters. The lowest BCUT2D eigenvalue weighted by Gasteiger charge is -2.24. The molecule has 1 unspecified atom stereocenters. The zero-order chi connectivity index (χ0) is 20.8. The van der Waals surface area contributed by atoms with Crippen LogP contribution in [-0.2, 0) is 21.4 Å². The Morgan fingerprint density at radius 3 is 2.33 bits per heavy atom. The number of carboxylic acids is 1. The maximum absolute atomic E-state index is 11.9. The van der Waals surface area contributed by atoms with Crippen LogP contribution in [0.3, 0.4) is 0 Å². The van der Waals surface area contributed by atoms with Gasteiger partial charge >= 0.3 is 12.1 Å². The number of hydrogen-bond acceptors (Lipinski definition) is 4. The van der Waals surface area contributed by atoms with Crippen LogP contribution in [0.4, 0.5) is 4.79 Å². The van der Waals surface area contributed by atoms with Crippen molar-refractivity contribution in [1.82, 2.24) is 5.32 Å². The molecule has 0 radical (unpaired) electrons.